The molecule has 0 aromatic carbocycles. The maximum atomic E-state index is 11.0. The summed E-state index contributed by atoms with van der Waals surface area (Å²) in [7, 11) is 0. The molecule has 0 aromatic heterocycles. The van der Waals surface area contributed by atoms with Crippen molar-refractivity contribution in [2.45, 2.75) is 38.3 Å². The lowest BCUT2D eigenvalue weighted by atomic mass is 9.77. The van der Waals surface area contributed by atoms with Crippen LogP contribution in [-0.2, 0) is 9.53 Å². The highest BCUT2D eigenvalue weighted by atomic mass is 16.5. The van der Waals surface area contributed by atoms with Gasteiger partial charge in [-0.2, -0.15) is 0 Å². The van der Waals surface area contributed by atoms with Gasteiger partial charge in [-0.05, 0) is 19.3 Å². The van der Waals surface area contributed by atoms with Crippen molar-refractivity contribution >= 4 is 5.97 Å². The fourth-order valence-corrected chi connectivity index (χ4v) is 2.62. The van der Waals surface area contributed by atoms with Gasteiger partial charge in [-0.25, -0.2) is 0 Å². The molecule has 1 saturated carbocycles. The monoisotopic (exact) mass is 213 g/mol. The molecule has 4 heteroatoms. The van der Waals surface area contributed by atoms with Crippen LogP contribution in [0.1, 0.15) is 26.2 Å². The molecular weight excluding hydrogens is 194 g/mol. The topological polar surface area (TPSA) is 49.8 Å². The number of nitrogens with zero attached hydrogens (tertiary/aromatic N) is 1. The largest absolute Gasteiger partial charge is 0.481 e. The molecule has 0 radical (unpaired) electrons. The van der Waals surface area contributed by atoms with Crippen LogP contribution in [0.5, 0.6) is 0 Å². The van der Waals surface area contributed by atoms with Gasteiger partial charge in [-0.3, -0.25) is 9.69 Å². The SMILES string of the molecule is CCC1COCCN1C1CCC1C(=O)O. The van der Waals surface area contributed by atoms with Gasteiger partial charge >= 0.3 is 5.97 Å². The van der Waals surface area contributed by atoms with Crippen molar-refractivity contribution < 1.29 is 14.6 Å². The van der Waals surface area contributed by atoms with Crippen molar-refractivity contribution in [3.8, 4) is 0 Å². The lowest BCUT2D eigenvalue weighted by Gasteiger charge is -2.47. The van der Waals surface area contributed by atoms with E-state index in [0.717, 1.165) is 39.0 Å². The van der Waals surface area contributed by atoms with Gasteiger partial charge in [0.05, 0.1) is 19.1 Å². The van der Waals surface area contributed by atoms with Crippen molar-refractivity contribution in [1.29, 1.82) is 0 Å². The third-order valence-corrected chi connectivity index (χ3v) is 3.73. The minimum absolute atomic E-state index is 0.142. The number of hydrogen-bond donors (Lipinski definition) is 1. The molecule has 1 aliphatic heterocycles. The maximum absolute atomic E-state index is 11.0. The number of carbonyl (C=O) groups is 1. The highest BCUT2D eigenvalue weighted by Crippen LogP contribution is 2.34. The molecule has 2 fully saturated rings. The van der Waals surface area contributed by atoms with Crippen LogP contribution in [0.15, 0.2) is 0 Å². The number of morpholine rings is 1. The van der Waals surface area contributed by atoms with Gasteiger partial charge < -0.3 is 9.84 Å². The van der Waals surface area contributed by atoms with Crippen LogP contribution >= 0.6 is 0 Å². The predicted molar refractivity (Wildman–Crippen MR) is 55.8 cm³/mol. The van der Waals surface area contributed by atoms with Crippen LogP contribution in [0.3, 0.4) is 0 Å². The van der Waals surface area contributed by atoms with E-state index in [9.17, 15) is 4.79 Å². The number of hydrogen-bond acceptors (Lipinski definition) is 3. The lowest BCUT2D eigenvalue weighted by molar-refractivity contribution is -0.152. The second kappa shape index (κ2) is 4.49. The zero-order chi connectivity index (χ0) is 10.8. The fraction of sp³-hybridized carbons (Fsp3) is 0.909. The third-order valence-electron chi connectivity index (χ3n) is 3.73. The molecule has 3 unspecified atom stereocenters. The Balaban J connectivity index is 1.98. The first-order valence-corrected chi connectivity index (χ1v) is 5.80. The molecule has 0 spiro atoms. The number of ether oxygens (including phenoxy) is 1. The van der Waals surface area contributed by atoms with Gasteiger partial charge in [0.25, 0.3) is 0 Å². The summed E-state index contributed by atoms with van der Waals surface area (Å²) in [4.78, 5) is 13.3. The smallest absolute Gasteiger partial charge is 0.308 e. The Morgan fingerprint density at radius 1 is 1.53 bits per heavy atom. The molecule has 0 bridgehead atoms. The molecule has 2 aliphatic rings. The van der Waals surface area contributed by atoms with Crippen molar-refractivity contribution in [2.75, 3.05) is 19.8 Å². The number of rotatable bonds is 3. The van der Waals surface area contributed by atoms with Crippen LogP contribution in [0.25, 0.3) is 0 Å². The van der Waals surface area contributed by atoms with Crippen LogP contribution in [0, 0.1) is 5.92 Å². The minimum atomic E-state index is -0.632. The maximum Gasteiger partial charge on any atom is 0.308 e. The Hall–Kier alpha value is -0.610. The van der Waals surface area contributed by atoms with E-state index in [4.69, 9.17) is 9.84 Å². The van der Waals surface area contributed by atoms with E-state index in [1.54, 1.807) is 0 Å². The van der Waals surface area contributed by atoms with Crippen molar-refractivity contribution in [3.05, 3.63) is 0 Å². The highest BCUT2D eigenvalue weighted by molar-refractivity contribution is 5.72. The standard InChI is InChI=1S/C11H19NO3/c1-2-8-7-15-6-5-12(8)10-4-3-9(10)11(13)14/h8-10H,2-7H2,1H3,(H,13,14). The fourth-order valence-electron chi connectivity index (χ4n) is 2.62. The molecule has 0 aromatic rings. The van der Waals surface area contributed by atoms with Crippen LogP contribution < -0.4 is 0 Å². The van der Waals surface area contributed by atoms with Gasteiger partial charge in [-0.1, -0.05) is 6.92 Å². The van der Waals surface area contributed by atoms with Gasteiger partial charge in [0, 0.05) is 18.6 Å². The molecule has 1 saturated heterocycles. The average Bonchev–Trinajstić information content (AvgIpc) is 2.16. The van der Waals surface area contributed by atoms with E-state index in [-0.39, 0.29) is 12.0 Å². The summed E-state index contributed by atoms with van der Waals surface area (Å²) in [6.45, 7) is 4.55. The van der Waals surface area contributed by atoms with E-state index < -0.39 is 5.97 Å². The molecule has 1 heterocycles. The molecule has 15 heavy (non-hydrogen) atoms. The Labute approximate surface area is 90.2 Å². The molecule has 3 atom stereocenters. The van der Waals surface area contributed by atoms with Crippen molar-refractivity contribution in [2.24, 2.45) is 5.92 Å². The normalized spacial score (nSPS) is 37.3. The Morgan fingerprint density at radius 3 is 2.87 bits per heavy atom. The Kier molecular flexibility index (Phi) is 3.26. The molecule has 4 nitrogen and oxygen atoms in total. The summed E-state index contributed by atoms with van der Waals surface area (Å²) in [5.41, 5.74) is 0. The molecular formula is C11H19NO3. The van der Waals surface area contributed by atoms with Crippen LogP contribution in [-0.4, -0.2) is 47.8 Å². The third kappa shape index (κ3) is 2.01. The zero-order valence-electron chi connectivity index (χ0n) is 9.19. The van der Waals surface area contributed by atoms with Gasteiger partial charge in [0.15, 0.2) is 0 Å². The predicted octanol–water partition coefficient (Wildman–Crippen LogP) is 0.960. The Bertz CT molecular complexity index is 244. The van der Waals surface area contributed by atoms with Crippen molar-refractivity contribution in [1.82, 2.24) is 4.90 Å². The van der Waals surface area contributed by atoms with Crippen LogP contribution in [0.4, 0.5) is 0 Å². The minimum Gasteiger partial charge on any atom is -0.481 e. The first-order chi connectivity index (χ1) is 7.24. The molecule has 1 N–H and O–H groups in total. The quantitative estimate of drug-likeness (QED) is 0.758. The number of carboxylic acids is 1. The van der Waals surface area contributed by atoms with E-state index in [1.165, 1.54) is 0 Å². The van der Waals surface area contributed by atoms with Gasteiger partial charge in [0.2, 0.25) is 0 Å². The van der Waals surface area contributed by atoms with E-state index in [0.29, 0.717) is 6.04 Å². The second-order valence-electron chi connectivity index (χ2n) is 4.46. The van der Waals surface area contributed by atoms with E-state index in [1.807, 2.05) is 0 Å². The summed E-state index contributed by atoms with van der Waals surface area (Å²) in [5, 5.41) is 9.04. The molecule has 0 amide bonds. The van der Waals surface area contributed by atoms with E-state index >= 15 is 0 Å². The summed E-state index contributed by atoms with van der Waals surface area (Å²) < 4.78 is 5.43. The first kappa shape index (κ1) is 10.9. The molecule has 2 rings (SSSR count). The Morgan fingerprint density at radius 2 is 2.33 bits per heavy atom. The summed E-state index contributed by atoms with van der Waals surface area (Å²) in [5.74, 6) is -0.773. The zero-order valence-corrected chi connectivity index (χ0v) is 9.19. The average molecular weight is 213 g/mol. The van der Waals surface area contributed by atoms with Crippen LogP contribution in [0.2, 0.25) is 0 Å². The number of aliphatic carboxylic acids is 1. The van der Waals surface area contributed by atoms with Gasteiger partial charge in [-0.15, -0.1) is 0 Å². The summed E-state index contributed by atoms with van der Waals surface area (Å²) in [6.07, 6.45) is 2.92. The highest BCUT2D eigenvalue weighted by Gasteiger charge is 2.42. The van der Waals surface area contributed by atoms with Crippen molar-refractivity contribution in [3.63, 3.8) is 0 Å². The van der Waals surface area contributed by atoms with Gasteiger partial charge in [0.1, 0.15) is 0 Å². The van der Waals surface area contributed by atoms with E-state index in [2.05, 4.69) is 11.8 Å². The first-order valence-electron chi connectivity index (χ1n) is 5.80. The summed E-state index contributed by atoms with van der Waals surface area (Å²) in [6, 6.07) is 0.683. The molecule has 1 aliphatic carbocycles. The summed E-state index contributed by atoms with van der Waals surface area (Å²) >= 11 is 0. The second-order valence-corrected chi connectivity index (χ2v) is 4.46. The molecule has 86 valence electrons. The number of carboxylic acid groups (broad SMARTS) is 1. The lowest BCUT2D eigenvalue weighted by Crippen LogP contribution is -2.58.